The number of halogens is 1. The van der Waals surface area contributed by atoms with Gasteiger partial charge in [0.1, 0.15) is 5.52 Å². The Kier molecular flexibility index (Phi) is 2.66. The van der Waals surface area contributed by atoms with Crippen molar-refractivity contribution >= 4 is 28.6 Å². The Bertz CT molecular complexity index is 577. The van der Waals surface area contributed by atoms with Crippen LogP contribution in [0.1, 0.15) is 26.7 Å². The van der Waals surface area contributed by atoms with Crippen LogP contribution >= 0.6 is 11.6 Å². The molecule has 1 fully saturated rings. The van der Waals surface area contributed by atoms with Crippen molar-refractivity contribution in [1.29, 1.82) is 0 Å². The van der Waals surface area contributed by atoms with Crippen molar-refractivity contribution in [3.63, 3.8) is 0 Å². The largest absolute Gasteiger partial charge is 0.354 e. The van der Waals surface area contributed by atoms with Crippen molar-refractivity contribution in [2.24, 2.45) is 5.41 Å². The van der Waals surface area contributed by atoms with Gasteiger partial charge >= 0.3 is 0 Å². The normalized spacial score (nSPS) is 19.4. The smallest absolute Gasteiger partial charge is 0.226 e. The highest BCUT2D eigenvalue weighted by molar-refractivity contribution is 6.28. The number of hydrogen-bond donors (Lipinski definition) is 1. The van der Waals surface area contributed by atoms with E-state index in [9.17, 15) is 0 Å². The zero-order valence-electron chi connectivity index (χ0n) is 10.6. The highest BCUT2D eigenvalue weighted by Crippen LogP contribution is 2.33. The standard InChI is InChI=1S/C12H16ClN5/c1-12(2)4-3-5-18(6-12)10-8-9(15-7-14-8)16-11(13)17-10/h7H,3-6H2,1-2H3,(H,14,15,16,17). The number of hydrogen-bond acceptors (Lipinski definition) is 4. The van der Waals surface area contributed by atoms with Crippen molar-refractivity contribution < 1.29 is 0 Å². The van der Waals surface area contributed by atoms with Crippen LogP contribution in [0.5, 0.6) is 0 Å². The lowest BCUT2D eigenvalue weighted by molar-refractivity contribution is 0.292. The lowest BCUT2D eigenvalue weighted by Crippen LogP contribution is -2.40. The van der Waals surface area contributed by atoms with Gasteiger partial charge in [-0.05, 0) is 29.9 Å². The second kappa shape index (κ2) is 4.09. The third-order valence-corrected chi connectivity index (χ3v) is 3.61. The third kappa shape index (κ3) is 2.03. The summed E-state index contributed by atoms with van der Waals surface area (Å²) in [7, 11) is 0. The van der Waals surface area contributed by atoms with Gasteiger partial charge in [0.25, 0.3) is 0 Å². The van der Waals surface area contributed by atoms with Crippen LogP contribution in [0, 0.1) is 5.41 Å². The van der Waals surface area contributed by atoms with Crippen molar-refractivity contribution in [2.75, 3.05) is 18.0 Å². The predicted octanol–water partition coefficient (Wildman–Crippen LogP) is 2.63. The molecule has 0 atom stereocenters. The summed E-state index contributed by atoms with van der Waals surface area (Å²) in [4.78, 5) is 18.0. The molecule has 1 saturated heterocycles. The molecule has 2 aromatic heterocycles. The van der Waals surface area contributed by atoms with E-state index in [0.29, 0.717) is 11.1 Å². The summed E-state index contributed by atoms with van der Waals surface area (Å²) >= 11 is 5.97. The minimum Gasteiger partial charge on any atom is -0.354 e. The third-order valence-electron chi connectivity index (χ3n) is 3.44. The summed E-state index contributed by atoms with van der Waals surface area (Å²) in [6, 6.07) is 0. The number of H-pyrrole nitrogens is 1. The Labute approximate surface area is 111 Å². The van der Waals surface area contributed by atoms with Gasteiger partial charge in [-0.25, -0.2) is 4.98 Å². The average molecular weight is 266 g/mol. The van der Waals surface area contributed by atoms with E-state index in [1.165, 1.54) is 12.8 Å². The lowest BCUT2D eigenvalue weighted by Gasteiger charge is -2.38. The summed E-state index contributed by atoms with van der Waals surface area (Å²) in [6.45, 7) is 6.55. The number of nitrogens with zero attached hydrogens (tertiary/aromatic N) is 4. The molecule has 0 aliphatic carbocycles. The van der Waals surface area contributed by atoms with E-state index < -0.39 is 0 Å². The maximum Gasteiger partial charge on any atom is 0.226 e. The number of aromatic nitrogens is 4. The van der Waals surface area contributed by atoms with E-state index in [1.54, 1.807) is 6.33 Å². The molecule has 3 rings (SSSR count). The Morgan fingerprint density at radius 1 is 1.39 bits per heavy atom. The summed E-state index contributed by atoms with van der Waals surface area (Å²) in [6.07, 6.45) is 4.05. The van der Waals surface area contributed by atoms with E-state index in [1.807, 2.05) is 0 Å². The van der Waals surface area contributed by atoms with E-state index >= 15 is 0 Å². The fourth-order valence-corrected chi connectivity index (χ4v) is 2.79. The van der Waals surface area contributed by atoms with Crippen LogP contribution in [0.4, 0.5) is 5.82 Å². The van der Waals surface area contributed by atoms with Gasteiger partial charge in [-0.2, -0.15) is 9.97 Å². The molecule has 1 aliphatic rings. The van der Waals surface area contributed by atoms with Crippen LogP contribution in [-0.2, 0) is 0 Å². The first kappa shape index (κ1) is 11.7. The fourth-order valence-electron chi connectivity index (χ4n) is 2.62. The van der Waals surface area contributed by atoms with Gasteiger partial charge in [0.05, 0.1) is 6.33 Å². The molecule has 6 heteroatoms. The number of fused-ring (bicyclic) bond motifs is 1. The summed E-state index contributed by atoms with van der Waals surface area (Å²) in [5, 5.41) is 0.257. The Morgan fingerprint density at radius 3 is 3.00 bits per heavy atom. The van der Waals surface area contributed by atoms with E-state index in [-0.39, 0.29) is 5.28 Å². The molecule has 0 saturated carbocycles. The topological polar surface area (TPSA) is 57.7 Å². The second-order valence-corrected chi connectivity index (χ2v) is 5.94. The van der Waals surface area contributed by atoms with Crippen LogP contribution in [0.2, 0.25) is 5.28 Å². The first-order valence-electron chi connectivity index (χ1n) is 6.17. The molecule has 1 aliphatic heterocycles. The van der Waals surface area contributed by atoms with Gasteiger partial charge in [-0.15, -0.1) is 0 Å². The highest BCUT2D eigenvalue weighted by atomic mass is 35.5. The summed E-state index contributed by atoms with van der Waals surface area (Å²) in [5.74, 6) is 0.871. The number of nitrogens with one attached hydrogen (secondary N) is 1. The molecular weight excluding hydrogens is 250 g/mol. The van der Waals surface area contributed by atoms with Crippen LogP contribution in [0.15, 0.2) is 6.33 Å². The Balaban J connectivity index is 2.05. The zero-order chi connectivity index (χ0) is 12.8. The minimum absolute atomic E-state index is 0.257. The second-order valence-electron chi connectivity index (χ2n) is 5.61. The van der Waals surface area contributed by atoms with E-state index in [0.717, 1.165) is 24.4 Å². The Hall–Kier alpha value is -1.36. The molecule has 18 heavy (non-hydrogen) atoms. The Morgan fingerprint density at radius 2 is 2.22 bits per heavy atom. The van der Waals surface area contributed by atoms with Gasteiger partial charge in [-0.3, -0.25) is 0 Å². The average Bonchev–Trinajstić information content (AvgIpc) is 2.74. The van der Waals surface area contributed by atoms with Crippen molar-refractivity contribution in [3.05, 3.63) is 11.6 Å². The van der Waals surface area contributed by atoms with Crippen LogP contribution in [0.3, 0.4) is 0 Å². The molecule has 0 bridgehead atoms. The zero-order valence-corrected chi connectivity index (χ0v) is 11.3. The maximum atomic E-state index is 5.97. The number of aromatic amines is 1. The van der Waals surface area contributed by atoms with Crippen molar-refractivity contribution in [2.45, 2.75) is 26.7 Å². The van der Waals surface area contributed by atoms with Crippen molar-refractivity contribution in [3.8, 4) is 0 Å². The van der Waals surface area contributed by atoms with E-state index in [2.05, 4.69) is 38.7 Å². The molecule has 0 radical (unpaired) electrons. The summed E-state index contributed by atoms with van der Waals surface area (Å²) in [5.41, 5.74) is 1.81. The van der Waals surface area contributed by atoms with Gasteiger partial charge < -0.3 is 9.88 Å². The molecule has 0 unspecified atom stereocenters. The fraction of sp³-hybridized carbons (Fsp3) is 0.583. The molecular formula is C12H16ClN5. The number of rotatable bonds is 1. The van der Waals surface area contributed by atoms with Gasteiger partial charge in [0, 0.05) is 13.1 Å². The highest BCUT2D eigenvalue weighted by Gasteiger charge is 2.28. The van der Waals surface area contributed by atoms with Gasteiger partial charge in [0.15, 0.2) is 11.5 Å². The first-order valence-corrected chi connectivity index (χ1v) is 6.55. The predicted molar refractivity (Wildman–Crippen MR) is 71.9 cm³/mol. The number of imidazole rings is 1. The van der Waals surface area contributed by atoms with E-state index in [4.69, 9.17) is 11.6 Å². The molecule has 2 aromatic rings. The molecule has 0 spiro atoms. The molecule has 1 N–H and O–H groups in total. The molecule has 3 heterocycles. The number of piperidine rings is 1. The van der Waals surface area contributed by atoms with Gasteiger partial charge in [0.2, 0.25) is 5.28 Å². The van der Waals surface area contributed by atoms with Crippen LogP contribution in [0.25, 0.3) is 11.2 Å². The first-order chi connectivity index (χ1) is 8.55. The van der Waals surface area contributed by atoms with Crippen molar-refractivity contribution in [1.82, 2.24) is 19.9 Å². The SMILES string of the molecule is CC1(C)CCCN(c2nc(Cl)nc3nc[nH]c23)C1. The molecule has 5 nitrogen and oxygen atoms in total. The molecule has 0 aromatic carbocycles. The molecule has 0 amide bonds. The van der Waals surface area contributed by atoms with Gasteiger partial charge in [-0.1, -0.05) is 13.8 Å². The van der Waals surface area contributed by atoms with Crippen LogP contribution < -0.4 is 4.90 Å². The lowest BCUT2D eigenvalue weighted by atomic mass is 9.84. The van der Waals surface area contributed by atoms with Crippen LogP contribution in [-0.4, -0.2) is 33.0 Å². The number of anilines is 1. The summed E-state index contributed by atoms with van der Waals surface area (Å²) < 4.78 is 0. The quantitative estimate of drug-likeness (QED) is 0.806. The monoisotopic (exact) mass is 265 g/mol. The molecule has 96 valence electrons. The maximum absolute atomic E-state index is 5.97. The minimum atomic E-state index is 0.257.